The van der Waals surface area contributed by atoms with Crippen molar-refractivity contribution < 1.29 is 8.92 Å². The summed E-state index contributed by atoms with van der Waals surface area (Å²) in [5.74, 6) is 0. The van der Waals surface area contributed by atoms with Crippen LogP contribution in [0.4, 0.5) is 0 Å². The molecule has 0 amide bonds. The molecule has 2 nitrogen and oxygen atoms in total. The highest BCUT2D eigenvalue weighted by Crippen LogP contribution is 2.52. The van der Waals surface area contributed by atoms with Gasteiger partial charge in [-0.2, -0.15) is 0 Å². The molecule has 1 fully saturated rings. The summed E-state index contributed by atoms with van der Waals surface area (Å²) >= 11 is 1.32. The van der Waals surface area contributed by atoms with Crippen LogP contribution in [0.5, 0.6) is 0 Å². The van der Waals surface area contributed by atoms with Gasteiger partial charge in [0.05, 0.1) is 18.8 Å². The van der Waals surface area contributed by atoms with Crippen LogP contribution in [0.2, 0.25) is 0 Å². The normalized spacial score (nSPS) is 33.9. The molecular weight excluding hydrogens is 226 g/mol. The van der Waals surface area contributed by atoms with Gasteiger partial charge in [0.2, 0.25) is 0 Å². The van der Waals surface area contributed by atoms with Crippen LogP contribution in [-0.2, 0) is 8.92 Å². The topological polar surface area (TPSA) is 18.5 Å². The van der Waals surface area contributed by atoms with Gasteiger partial charge in [-0.25, -0.2) is 0 Å². The van der Waals surface area contributed by atoms with Crippen LogP contribution >= 0.6 is 19.3 Å². The van der Waals surface area contributed by atoms with Crippen molar-refractivity contribution in [1.82, 2.24) is 0 Å². The molecule has 1 heterocycles. The Hall–Kier alpha value is 0.765. The first kappa shape index (κ1) is 13.8. The van der Waals surface area contributed by atoms with E-state index in [1.54, 1.807) is 0 Å². The molecule has 86 valence electrons. The van der Waals surface area contributed by atoms with Crippen LogP contribution in [0, 0.1) is 10.8 Å². The van der Waals surface area contributed by atoms with E-state index in [-0.39, 0.29) is 30.7 Å². The van der Waals surface area contributed by atoms with Gasteiger partial charge in [0.25, 0.3) is 0 Å². The molecule has 1 rings (SSSR count). The highest BCUT2D eigenvalue weighted by Gasteiger charge is 2.54. The summed E-state index contributed by atoms with van der Waals surface area (Å²) in [7, 11) is 5.67. The average Bonchev–Trinajstić information content (AvgIpc) is 2.28. The molecule has 1 saturated heterocycles. The van der Waals surface area contributed by atoms with Crippen LogP contribution in [0.25, 0.3) is 0 Å². The van der Waals surface area contributed by atoms with E-state index in [1.165, 1.54) is 11.7 Å². The van der Waals surface area contributed by atoms with Crippen molar-refractivity contribution in [2.75, 3.05) is 6.61 Å². The first-order chi connectivity index (χ1) is 6.84. The third-order valence-electron chi connectivity index (χ3n) is 4.18. The molecule has 2 radical (unpaired) electrons. The van der Waals surface area contributed by atoms with Gasteiger partial charge < -0.3 is 8.92 Å². The molecule has 0 aromatic rings. The van der Waals surface area contributed by atoms with Gasteiger partial charge in [-0.15, -0.1) is 0 Å². The lowest BCUT2D eigenvalue weighted by molar-refractivity contribution is 0.00108. The Labute approximate surface area is 100 Å². The molecule has 0 N–H and O–H groups in total. The standard InChI is InChI=1S/C10H20BO2PS/c1-7-9(2,3)10(4,5)8(13-7)6-12-15-14-11/h7-8,14H,6H2,1-5H3. The molecule has 1 aliphatic heterocycles. The van der Waals surface area contributed by atoms with Gasteiger partial charge in [-0.3, -0.25) is 0 Å². The second-order valence-corrected chi connectivity index (χ2v) is 7.04. The highest BCUT2D eigenvalue weighted by molar-refractivity contribution is 8.53. The van der Waals surface area contributed by atoms with Crippen molar-refractivity contribution >= 4 is 26.9 Å². The van der Waals surface area contributed by atoms with E-state index in [0.717, 1.165) is 0 Å². The predicted octanol–water partition coefficient (Wildman–Crippen LogP) is 3.17. The smallest absolute Gasteiger partial charge is 0.122 e. The monoisotopic (exact) mass is 246 g/mol. The molecule has 1 aliphatic rings. The number of ether oxygens (including phenoxy) is 1. The molecule has 0 aromatic carbocycles. The fraction of sp³-hybridized carbons (Fsp3) is 1.00. The maximum Gasteiger partial charge on any atom is 0.122 e. The fourth-order valence-electron chi connectivity index (χ4n) is 1.90. The molecule has 15 heavy (non-hydrogen) atoms. The van der Waals surface area contributed by atoms with E-state index in [9.17, 15) is 0 Å². The van der Waals surface area contributed by atoms with Gasteiger partial charge >= 0.3 is 0 Å². The first-order valence-electron chi connectivity index (χ1n) is 5.23. The zero-order chi connectivity index (χ0) is 11.7. The van der Waals surface area contributed by atoms with E-state index in [0.29, 0.717) is 6.61 Å². The maximum absolute atomic E-state index is 5.96. The summed E-state index contributed by atoms with van der Waals surface area (Å²) in [5.41, 5.74) is 0.307. The SMILES string of the molecule is [B]PSOCC1OC(C)C(C)(C)C1(C)C. The zero-order valence-corrected chi connectivity index (χ0v) is 12.0. The minimum atomic E-state index is 0.130. The maximum atomic E-state index is 5.96. The Kier molecular flexibility index (Phi) is 4.57. The van der Waals surface area contributed by atoms with Crippen LogP contribution < -0.4 is 0 Å². The number of hydrogen-bond donors (Lipinski definition) is 0. The van der Waals surface area contributed by atoms with Gasteiger partial charge in [0.15, 0.2) is 0 Å². The van der Waals surface area contributed by atoms with Crippen LogP contribution in [0.1, 0.15) is 34.6 Å². The molecule has 0 aliphatic carbocycles. The number of rotatable bonds is 4. The molecule has 0 spiro atoms. The minimum absolute atomic E-state index is 0.130. The Morgan fingerprint density at radius 2 is 1.93 bits per heavy atom. The molecular formula is C10H20BO2PS. The predicted molar refractivity (Wildman–Crippen MR) is 69.5 cm³/mol. The van der Waals surface area contributed by atoms with E-state index >= 15 is 0 Å². The first-order valence-corrected chi connectivity index (χ1v) is 7.78. The minimum Gasteiger partial charge on any atom is -0.372 e. The van der Waals surface area contributed by atoms with Crippen molar-refractivity contribution in [3.63, 3.8) is 0 Å². The Bertz CT molecular complexity index is 223. The molecule has 3 unspecified atom stereocenters. The van der Waals surface area contributed by atoms with Gasteiger partial charge in [0.1, 0.15) is 7.57 Å². The summed E-state index contributed by atoms with van der Waals surface area (Å²) in [6.07, 6.45) is 0.428. The van der Waals surface area contributed by atoms with Crippen molar-refractivity contribution in [2.24, 2.45) is 10.8 Å². The summed E-state index contributed by atoms with van der Waals surface area (Å²) in [6.45, 7) is 11.8. The third-order valence-corrected chi connectivity index (χ3v) is 5.17. The lowest BCUT2D eigenvalue weighted by atomic mass is 9.65. The molecule has 0 aromatic heterocycles. The lowest BCUT2D eigenvalue weighted by Crippen LogP contribution is -2.39. The average molecular weight is 246 g/mol. The highest BCUT2D eigenvalue weighted by atomic mass is 32.7. The van der Waals surface area contributed by atoms with Gasteiger partial charge in [-0.1, -0.05) is 35.4 Å². The van der Waals surface area contributed by atoms with Crippen molar-refractivity contribution in [3.8, 4) is 0 Å². The van der Waals surface area contributed by atoms with Crippen molar-refractivity contribution in [1.29, 1.82) is 0 Å². The second-order valence-electron chi connectivity index (χ2n) is 5.20. The number of hydrogen-bond acceptors (Lipinski definition) is 3. The Morgan fingerprint density at radius 3 is 2.33 bits per heavy atom. The van der Waals surface area contributed by atoms with Gasteiger partial charge in [-0.05, 0) is 12.3 Å². The Morgan fingerprint density at radius 1 is 1.33 bits per heavy atom. The molecule has 0 bridgehead atoms. The van der Waals surface area contributed by atoms with E-state index < -0.39 is 0 Å². The summed E-state index contributed by atoms with van der Waals surface area (Å²) in [5, 5.41) is 0. The van der Waals surface area contributed by atoms with Crippen LogP contribution in [0.15, 0.2) is 0 Å². The summed E-state index contributed by atoms with van der Waals surface area (Å²) in [4.78, 5) is 0. The summed E-state index contributed by atoms with van der Waals surface area (Å²) in [6, 6.07) is 0. The Balaban J connectivity index is 2.61. The fourth-order valence-corrected chi connectivity index (χ4v) is 2.57. The van der Waals surface area contributed by atoms with E-state index in [1.807, 2.05) is 0 Å². The van der Waals surface area contributed by atoms with Crippen molar-refractivity contribution in [3.05, 3.63) is 0 Å². The summed E-state index contributed by atoms with van der Waals surface area (Å²) < 4.78 is 11.4. The van der Waals surface area contributed by atoms with Crippen molar-refractivity contribution in [2.45, 2.75) is 46.8 Å². The largest absolute Gasteiger partial charge is 0.372 e. The molecule has 5 heteroatoms. The quantitative estimate of drug-likeness (QED) is 0.328. The van der Waals surface area contributed by atoms with Crippen LogP contribution in [-0.4, -0.2) is 26.4 Å². The zero-order valence-electron chi connectivity index (χ0n) is 10.2. The van der Waals surface area contributed by atoms with Crippen LogP contribution in [0.3, 0.4) is 0 Å². The van der Waals surface area contributed by atoms with E-state index in [2.05, 4.69) is 34.6 Å². The molecule has 3 atom stereocenters. The molecule has 0 saturated carbocycles. The third kappa shape index (κ3) is 2.54. The second kappa shape index (κ2) is 4.95. The van der Waals surface area contributed by atoms with E-state index in [4.69, 9.17) is 16.5 Å². The lowest BCUT2D eigenvalue weighted by Gasteiger charge is -2.37. The van der Waals surface area contributed by atoms with Gasteiger partial charge in [0, 0.05) is 17.1 Å².